The van der Waals surface area contributed by atoms with E-state index < -0.39 is 23.0 Å². The van der Waals surface area contributed by atoms with Gasteiger partial charge in [-0.15, -0.1) is 0 Å². The van der Waals surface area contributed by atoms with Crippen LogP contribution in [0.1, 0.15) is 71.9 Å². The van der Waals surface area contributed by atoms with Gasteiger partial charge in [0.05, 0.1) is 18.4 Å². The van der Waals surface area contributed by atoms with Crippen molar-refractivity contribution in [3.8, 4) is 11.5 Å². The van der Waals surface area contributed by atoms with E-state index in [9.17, 15) is 29.7 Å². The Morgan fingerprint density at radius 1 is 1.02 bits per heavy atom. The number of hydrogen-bond donors (Lipinski definition) is 3. The van der Waals surface area contributed by atoms with E-state index in [2.05, 4.69) is 4.90 Å². The van der Waals surface area contributed by atoms with Gasteiger partial charge < -0.3 is 20.1 Å². The largest absolute Gasteiger partial charge is 0.504 e. The van der Waals surface area contributed by atoms with Crippen LogP contribution in [0.25, 0.3) is 10.8 Å². The Kier molecular flexibility index (Phi) is 6.86. The number of aliphatic carboxylic acids is 1. The summed E-state index contributed by atoms with van der Waals surface area (Å²) in [4.78, 5) is 39.9. The van der Waals surface area contributed by atoms with Crippen molar-refractivity contribution in [1.82, 2.24) is 4.90 Å². The average molecular weight is 598 g/mol. The minimum atomic E-state index is -1.14. The molecular formula is C36H39NO7. The third kappa shape index (κ3) is 4.70. The summed E-state index contributed by atoms with van der Waals surface area (Å²) in [7, 11) is 0. The zero-order valence-electron chi connectivity index (χ0n) is 25.3. The van der Waals surface area contributed by atoms with Crippen LogP contribution in [0.2, 0.25) is 0 Å². The molecule has 2 saturated carbocycles. The fraction of sp³-hybridized carbons (Fsp3) is 0.472. The minimum absolute atomic E-state index is 0.0404. The molecule has 0 aromatic heterocycles. The number of aromatic hydroxyl groups is 1. The number of ketones is 1. The molecule has 4 aliphatic rings. The number of carbonyl (C=O) groups excluding carboxylic acids is 2. The highest BCUT2D eigenvalue weighted by Gasteiger charge is 2.65. The number of aliphatic hydroxyl groups is 1. The van der Waals surface area contributed by atoms with Gasteiger partial charge in [-0.1, -0.05) is 30.3 Å². The average Bonchev–Trinajstić information content (AvgIpc) is 3.75. The fourth-order valence-electron chi connectivity index (χ4n) is 8.76. The van der Waals surface area contributed by atoms with Crippen LogP contribution < -0.4 is 4.74 Å². The molecule has 3 unspecified atom stereocenters. The smallest absolute Gasteiger partial charge is 0.315 e. The molecule has 0 radical (unpaired) electrons. The summed E-state index contributed by atoms with van der Waals surface area (Å²) in [6.45, 7) is 5.63. The number of hydrogen-bond acceptors (Lipinski definition) is 7. The Bertz CT molecular complexity index is 1730. The van der Waals surface area contributed by atoms with E-state index in [0.29, 0.717) is 42.7 Å². The molecule has 7 rings (SSSR count). The Balaban J connectivity index is 1.19. The summed E-state index contributed by atoms with van der Waals surface area (Å²) in [5.74, 6) is -0.791. The van der Waals surface area contributed by atoms with E-state index in [1.807, 2.05) is 44.2 Å². The number of aryl methyl sites for hydroxylation is 2. The number of phenols is 1. The SMILES string of the molecule is Cc1cc(CC(=O)O)cc2cc(CC(=O)Oc3ccc4c(c3O)C35CCN(CC6CC6)C(C4)C3(O)CCC(=O)C5)cc(C)c12. The molecule has 8 heteroatoms. The van der Waals surface area contributed by atoms with Gasteiger partial charge >= 0.3 is 11.9 Å². The maximum Gasteiger partial charge on any atom is 0.315 e. The summed E-state index contributed by atoms with van der Waals surface area (Å²) >= 11 is 0. The van der Waals surface area contributed by atoms with Crippen molar-refractivity contribution in [3.05, 3.63) is 69.8 Å². The van der Waals surface area contributed by atoms with Gasteiger partial charge in [0.15, 0.2) is 11.5 Å². The van der Waals surface area contributed by atoms with Crippen molar-refractivity contribution in [2.24, 2.45) is 5.92 Å². The number of carboxylic acids is 1. The fourth-order valence-corrected chi connectivity index (χ4v) is 8.76. The molecule has 3 atom stereocenters. The zero-order chi connectivity index (χ0) is 31.0. The zero-order valence-corrected chi connectivity index (χ0v) is 25.3. The lowest BCUT2D eigenvalue weighted by Gasteiger charge is -2.63. The van der Waals surface area contributed by atoms with E-state index in [0.717, 1.165) is 46.1 Å². The molecule has 3 aromatic rings. The van der Waals surface area contributed by atoms with Crippen LogP contribution >= 0.6 is 0 Å². The number of carbonyl (C=O) groups is 3. The second-order valence-electron chi connectivity index (χ2n) is 13.7. The number of esters is 1. The summed E-state index contributed by atoms with van der Waals surface area (Å²) < 4.78 is 5.78. The molecule has 3 aromatic carbocycles. The second kappa shape index (κ2) is 10.4. The van der Waals surface area contributed by atoms with Crippen LogP contribution in [0.3, 0.4) is 0 Å². The number of fused-ring (bicyclic) bond motifs is 2. The number of nitrogens with zero attached hydrogens (tertiary/aromatic N) is 1. The van der Waals surface area contributed by atoms with Crippen molar-refractivity contribution < 1.29 is 34.4 Å². The third-order valence-electron chi connectivity index (χ3n) is 10.7. The molecule has 3 fully saturated rings. The van der Waals surface area contributed by atoms with Gasteiger partial charge in [0.2, 0.25) is 0 Å². The Morgan fingerprint density at radius 3 is 2.41 bits per heavy atom. The van der Waals surface area contributed by atoms with Crippen LogP contribution in [-0.2, 0) is 39.1 Å². The predicted molar refractivity (Wildman–Crippen MR) is 164 cm³/mol. The molecule has 230 valence electrons. The lowest BCUT2D eigenvalue weighted by atomic mass is 9.49. The molecule has 3 N–H and O–H groups in total. The first-order valence-corrected chi connectivity index (χ1v) is 15.8. The predicted octanol–water partition coefficient (Wildman–Crippen LogP) is 4.70. The minimum Gasteiger partial charge on any atom is -0.504 e. The van der Waals surface area contributed by atoms with E-state index in [1.54, 1.807) is 6.07 Å². The standard InChI is InChI=1S/C36H39NO7/c1-20-11-23(15-30(39)40)13-26-14-24(12-21(2)32(20)26)16-31(41)44-28-6-5-25-17-29-36(43)8-7-27(38)18-35(36,33(25)34(28)42)9-10-37(29)19-22-3-4-22/h5-6,11-14,22,29,42-43H,3-4,7-10,15-19H2,1-2H3,(H,39,40). The number of rotatable bonds is 7. The topological polar surface area (TPSA) is 124 Å². The number of carboxylic acid groups (broad SMARTS) is 1. The van der Waals surface area contributed by atoms with Gasteiger partial charge in [-0.05, 0) is 103 Å². The summed E-state index contributed by atoms with van der Waals surface area (Å²) in [5.41, 5.74) is 2.81. The Hall–Kier alpha value is -3.75. The van der Waals surface area contributed by atoms with Gasteiger partial charge in [0.1, 0.15) is 5.78 Å². The Morgan fingerprint density at radius 2 is 1.73 bits per heavy atom. The van der Waals surface area contributed by atoms with Crippen LogP contribution in [0.5, 0.6) is 11.5 Å². The van der Waals surface area contributed by atoms with Gasteiger partial charge in [0.25, 0.3) is 0 Å². The number of ether oxygens (including phenoxy) is 1. The molecule has 0 spiro atoms. The lowest BCUT2D eigenvalue weighted by Crippen LogP contribution is -2.73. The highest BCUT2D eigenvalue weighted by atomic mass is 16.5. The van der Waals surface area contributed by atoms with Crippen molar-refractivity contribution in [3.63, 3.8) is 0 Å². The number of benzene rings is 3. The van der Waals surface area contributed by atoms with Crippen LogP contribution in [0, 0.1) is 19.8 Å². The van der Waals surface area contributed by atoms with Crippen molar-refractivity contribution >= 4 is 28.5 Å². The van der Waals surface area contributed by atoms with Crippen molar-refractivity contribution in [2.75, 3.05) is 13.1 Å². The molecule has 44 heavy (non-hydrogen) atoms. The van der Waals surface area contributed by atoms with E-state index in [-0.39, 0.29) is 42.6 Å². The van der Waals surface area contributed by atoms with Crippen LogP contribution in [0.15, 0.2) is 36.4 Å². The third-order valence-corrected chi connectivity index (χ3v) is 10.7. The maximum atomic E-state index is 13.3. The van der Waals surface area contributed by atoms with Crippen LogP contribution in [0.4, 0.5) is 0 Å². The van der Waals surface area contributed by atoms with Crippen molar-refractivity contribution in [2.45, 2.75) is 88.7 Å². The van der Waals surface area contributed by atoms with Crippen LogP contribution in [-0.4, -0.2) is 62.7 Å². The van der Waals surface area contributed by atoms with E-state index in [1.165, 1.54) is 12.8 Å². The van der Waals surface area contributed by atoms with Crippen molar-refractivity contribution in [1.29, 1.82) is 0 Å². The molecule has 1 saturated heterocycles. The highest BCUT2D eigenvalue weighted by Crippen LogP contribution is 2.60. The number of piperidine rings is 1. The number of Topliss-reactive ketones (excluding diaryl/α,β-unsaturated/α-hetero) is 1. The van der Waals surface area contributed by atoms with Gasteiger partial charge in [-0.2, -0.15) is 0 Å². The number of phenolic OH excluding ortho intramolecular Hbond substituents is 1. The molecule has 1 heterocycles. The van der Waals surface area contributed by atoms with Gasteiger partial charge in [0, 0.05) is 36.4 Å². The quantitative estimate of drug-likeness (QED) is 0.265. The first kappa shape index (κ1) is 29.0. The van der Waals surface area contributed by atoms with Gasteiger partial charge in [-0.3, -0.25) is 19.3 Å². The van der Waals surface area contributed by atoms with E-state index in [4.69, 9.17) is 4.74 Å². The second-order valence-corrected chi connectivity index (χ2v) is 13.7. The molecule has 2 bridgehead atoms. The monoisotopic (exact) mass is 597 g/mol. The molecule has 8 nitrogen and oxygen atoms in total. The van der Waals surface area contributed by atoms with Gasteiger partial charge in [-0.25, -0.2) is 0 Å². The summed E-state index contributed by atoms with van der Waals surface area (Å²) in [6.07, 6.45) is 4.35. The summed E-state index contributed by atoms with van der Waals surface area (Å²) in [5, 5.41) is 35.2. The molecule has 3 aliphatic carbocycles. The first-order valence-electron chi connectivity index (χ1n) is 15.8. The molecular weight excluding hydrogens is 558 g/mol. The first-order chi connectivity index (χ1) is 21.0. The normalized spacial score (nSPS) is 26.2. The van der Waals surface area contributed by atoms with E-state index >= 15 is 0 Å². The lowest BCUT2D eigenvalue weighted by molar-refractivity contribution is -0.173. The highest BCUT2D eigenvalue weighted by molar-refractivity contribution is 5.91. The number of likely N-dealkylation sites (tertiary alicyclic amines) is 1. The molecule has 0 amide bonds. The Labute approximate surface area is 256 Å². The molecule has 1 aliphatic heterocycles. The summed E-state index contributed by atoms with van der Waals surface area (Å²) in [6, 6.07) is 11.0. The maximum absolute atomic E-state index is 13.3.